The molecule has 0 radical (unpaired) electrons. The van der Waals surface area contributed by atoms with Crippen LogP contribution in [-0.2, 0) is 16.3 Å². The number of amides is 1. The quantitative estimate of drug-likeness (QED) is 0.858. The maximum atomic E-state index is 12.5. The minimum atomic E-state index is -5.42. The zero-order chi connectivity index (χ0) is 19.7. The highest BCUT2D eigenvalue weighted by atomic mass is 32.2. The Morgan fingerprint density at radius 3 is 2.44 bits per heavy atom. The predicted molar refractivity (Wildman–Crippen MR) is 91.1 cm³/mol. The summed E-state index contributed by atoms with van der Waals surface area (Å²) in [5, 5.41) is 2.70. The fraction of sp³-hybridized carbons (Fsp3) is 0.278. The average molecular weight is 399 g/mol. The molecule has 1 aliphatic heterocycles. The maximum Gasteiger partial charge on any atom is 0.501 e. The van der Waals surface area contributed by atoms with Crippen LogP contribution in [0.2, 0.25) is 0 Å². The molecule has 0 spiro atoms. The summed E-state index contributed by atoms with van der Waals surface area (Å²) in [6, 6.07) is 11.3. The van der Waals surface area contributed by atoms with E-state index in [0.29, 0.717) is 13.2 Å². The zero-order valence-corrected chi connectivity index (χ0v) is 14.8. The van der Waals surface area contributed by atoms with Crippen LogP contribution in [-0.4, -0.2) is 33.0 Å². The highest BCUT2D eigenvalue weighted by molar-refractivity contribution is 7.92. The minimum Gasteiger partial charge on any atom is -0.493 e. The highest BCUT2D eigenvalue weighted by Gasteiger charge is 2.46. The van der Waals surface area contributed by atoms with E-state index in [0.717, 1.165) is 42.0 Å². The number of fused-ring (bicyclic) bond motifs is 1. The molecule has 144 valence electrons. The van der Waals surface area contributed by atoms with Crippen molar-refractivity contribution in [2.24, 2.45) is 5.92 Å². The lowest BCUT2D eigenvalue weighted by atomic mass is 9.96. The Balaban J connectivity index is 1.61. The second-order valence-corrected chi connectivity index (χ2v) is 8.11. The maximum absolute atomic E-state index is 12.5. The molecule has 0 fully saturated rings. The highest BCUT2D eigenvalue weighted by Crippen LogP contribution is 2.30. The van der Waals surface area contributed by atoms with E-state index in [2.05, 4.69) is 5.32 Å². The lowest BCUT2D eigenvalue weighted by Gasteiger charge is -2.25. The number of rotatable bonds is 4. The van der Waals surface area contributed by atoms with Gasteiger partial charge >= 0.3 is 5.51 Å². The summed E-state index contributed by atoms with van der Waals surface area (Å²) < 4.78 is 65.9. The molecular weight excluding hydrogens is 383 g/mol. The van der Waals surface area contributed by atoms with E-state index in [-0.39, 0.29) is 11.5 Å². The van der Waals surface area contributed by atoms with E-state index in [4.69, 9.17) is 4.74 Å². The van der Waals surface area contributed by atoms with Crippen molar-refractivity contribution in [1.29, 1.82) is 0 Å². The monoisotopic (exact) mass is 399 g/mol. The molecule has 2 aromatic rings. The molecule has 3 rings (SSSR count). The van der Waals surface area contributed by atoms with Crippen LogP contribution in [0.4, 0.5) is 13.2 Å². The van der Waals surface area contributed by atoms with E-state index in [9.17, 15) is 26.4 Å². The van der Waals surface area contributed by atoms with Crippen molar-refractivity contribution >= 4 is 15.7 Å². The first-order valence-electron chi connectivity index (χ1n) is 8.09. The third-order valence-corrected chi connectivity index (χ3v) is 5.74. The molecule has 0 aliphatic carbocycles. The van der Waals surface area contributed by atoms with Gasteiger partial charge in [0.2, 0.25) is 0 Å². The van der Waals surface area contributed by atoms with Gasteiger partial charge in [0.1, 0.15) is 5.75 Å². The van der Waals surface area contributed by atoms with Gasteiger partial charge in [-0.3, -0.25) is 4.79 Å². The Hall–Kier alpha value is -2.55. The number of hydrogen-bond acceptors (Lipinski definition) is 4. The van der Waals surface area contributed by atoms with Crippen molar-refractivity contribution in [2.75, 3.05) is 13.2 Å². The normalized spacial score (nSPS) is 16.9. The molecule has 1 heterocycles. The first kappa shape index (κ1) is 19.2. The number of alkyl halides is 3. The summed E-state index contributed by atoms with van der Waals surface area (Å²) in [4.78, 5) is 11.3. The van der Waals surface area contributed by atoms with Gasteiger partial charge in [0, 0.05) is 18.0 Å². The molecule has 2 aromatic carbocycles. The van der Waals surface area contributed by atoms with Crippen LogP contribution in [0.3, 0.4) is 0 Å². The number of halogens is 3. The second kappa shape index (κ2) is 7.22. The van der Waals surface area contributed by atoms with Crippen LogP contribution in [0.15, 0.2) is 53.4 Å². The molecule has 1 N–H and O–H groups in total. The summed E-state index contributed by atoms with van der Waals surface area (Å²) in [7, 11) is -5.42. The predicted octanol–water partition coefficient (Wildman–Crippen LogP) is 2.96. The largest absolute Gasteiger partial charge is 0.501 e. The van der Waals surface area contributed by atoms with Crippen LogP contribution >= 0.6 is 0 Å². The van der Waals surface area contributed by atoms with Crippen molar-refractivity contribution in [3.63, 3.8) is 0 Å². The number of hydrogen-bond donors (Lipinski definition) is 1. The van der Waals surface area contributed by atoms with Gasteiger partial charge in [0.25, 0.3) is 15.7 Å². The van der Waals surface area contributed by atoms with E-state index in [1.807, 2.05) is 24.3 Å². The number of nitrogens with one attached hydrogen (secondary N) is 1. The van der Waals surface area contributed by atoms with Crippen molar-refractivity contribution in [1.82, 2.24) is 5.32 Å². The van der Waals surface area contributed by atoms with Crippen LogP contribution in [0.1, 0.15) is 15.9 Å². The summed E-state index contributed by atoms with van der Waals surface area (Å²) in [5.74, 6) is 0.389. The standard InChI is InChI=1S/C18H16F3NO4S/c19-18(20,21)27(24,25)15-7-5-13(6-8-15)17(23)22-10-12-9-14-3-1-2-4-16(14)26-11-12/h1-8,12H,9-11H2,(H,22,23). The fourth-order valence-electron chi connectivity index (χ4n) is 2.78. The Labute approximate surface area is 154 Å². The average Bonchev–Trinajstić information content (AvgIpc) is 2.65. The zero-order valence-electron chi connectivity index (χ0n) is 14.0. The fourth-order valence-corrected chi connectivity index (χ4v) is 3.54. The number of sulfone groups is 1. The van der Waals surface area contributed by atoms with Gasteiger partial charge in [0.05, 0.1) is 11.5 Å². The van der Waals surface area contributed by atoms with Gasteiger partial charge in [-0.15, -0.1) is 0 Å². The third-order valence-electron chi connectivity index (χ3n) is 4.24. The summed E-state index contributed by atoms with van der Waals surface area (Å²) >= 11 is 0. The Bertz CT molecular complexity index is 940. The third kappa shape index (κ3) is 4.08. The summed E-state index contributed by atoms with van der Waals surface area (Å²) in [6.07, 6.45) is 0.735. The minimum absolute atomic E-state index is 0.0636. The molecule has 27 heavy (non-hydrogen) atoms. The lowest BCUT2D eigenvalue weighted by Crippen LogP contribution is -2.34. The Morgan fingerprint density at radius 2 is 1.78 bits per heavy atom. The van der Waals surface area contributed by atoms with E-state index < -0.39 is 26.1 Å². The summed E-state index contributed by atoms with van der Waals surface area (Å²) in [5.41, 5.74) is -4.26. The molecule has 9 heteroatoms. The van der Waals surface area contributed by atoms with Gasteiger partial charge < -0.3 is 10.1 Å². The SMILES string of the molecule is O=C(NCC1COc2ccccc2C1)c1ccc(S(=O)(=O)C(F)(F)F)cc1. The van der Waals surface area contributed by atoms with E-state index in [1.54, 1.807) is 0 Å². The molecular formula is C18H16F3NO4S. The number of carbonyl (C=O) groups excluding carboxylic acids is 1. The van der Waals surface area contributed by atoms with Crippen molar-refractivity contribution in [3.8, 4) is 5.75 Å². The van der Waals surface area contributed by atoms with Crippen LogP contribution in [0.5, 0.6) is 5.75 Å². The molecule has 1 amide bonds. The van der Waals surface area contributed by atoms with Gasteiger partial charge in [-0.05, 0) is 42.3 Å². The van der Waals surface area contributed by atoms with Crippen LogP contribution in [0.25, 0.3) is 0 Å². The molecule has 0 saturated carbocycles. The Kier molecular flexibility index (Phi) is 5.14. The number of para-hydroxylation sites is 1. The first-order chi connectivity index (χ1) is 12.7. The van der Waals surface area contributed by atoms with Crippen molar-refractivity contribution in [3.05, 3.63) is 59.7 Å². The van der Waals surface area contributed by atoms with Gasteiger partial charge in [-0.25, -0.2) is 8.42 Å². The smallest absolute Gasteiger partial charge is 0.493 e. The van der Waals surface area contributed by atoms with Crippen LogP contribution < -0.4 is 10.1 Å². The van der Waals surface area contributed by atoms with Crippen molar-refractivity contribution in [2.45, 2.75) is 16.8 Å². The summed E-state index contributed by atoms with van der Waals surface area (Å²) in [6.45, 7) is 0.774. The number of benzene rings is 2. The lowest BCUT2D eigenvalue weighted by molar-refractivity contribution is -0.0436. The molecule has 5 nitrogen and oxygen atoms in total. The van der Waals surface area contributed by atoms with Gasteiger partial charge in [0.15, 0.2) is 0 Å². The molecule has 1 unspecified atom stereocenters. The molecule has 0 bridgehead atoms. The topological polar surface area (TPSA) is 72.5 Å². The number of carbonyl (C=O) groups is 1. The van der Waals surface area contributed by atoms with Crippen molar-refractivity contribution < 1.29 is 31.1 Å². The molecule has 0 saturated heterocycles. The first-order valence-corrected chi connectivity index (χ1v) is 9.57. The number of ether oxygens (including phenoxy) is 1. The molecule has 0 aromatic heterocycles. The van der Waals surface area contributed by atoms with Gasteiger partial charge in [-0.2, -0.15) is 13.2 Å². The molecule has 1 aliphatic rings. The molecule has 1 atom stereocenters. The van der Waals surface area contributed by atoms with Gasteiger partial charge in [-0.1, -0.05) is 18.2 Å². The Morgan fingerprint density at radius 1 is 1.11 bits per heavy atom. The second-order valence-electron chi connectivity index (χ2n) is 6.17. The van der Waals surface area contributed by atoms with E-state index in [1.165, 1.54) is 0 Å². The van der Waals surface area contributed by atoms with Crippen LogP contribution in [0, 0.1) is 5.92 Å². The van der Waals surface area contributed by atoms with E-state index >= 15 is 0 Å².